The maximum Gasteiger partial charge on any atom is 0.305 e. The average molecular weight is 215 g/mol. The van der Waals surface area contributed by atoms with Gasteiger partial charge in [0.05, 0.1) is 6.61 Å². The van der Waals surface area contributed by atoms with Gasteiger partial charge in [0.25, 0.3) is 0 Å². The third-order valence-electron chi connectivity index (χ3n) is 2.61. The summed E-state index contributed by atoms with van der Waals surface area (Å²) in [4.78, 5) is 11.3. The monoisotopic (exact) mass is 215 g/mol. The lowest BCUT2D eigenvalue weighted by Crippen LogP contribution is -2.13. The van der Waals surface area contributed by atoms with E-state index in [2.05, 4.69) is 5.32 Å². The number of hydrogen-bond acceptors (Lipinski definition) is 4. The molecule has 1 aliphatic heterocycles. The van der Waals surface area contributed by atoms with E-state index in [1.807, 2.05) is 6.92 Å². The molecule has 1 saturated heterocycles. The molecular formula is C11H21NO3. The Morgan fingerprint density at radius 1 is 1.47 bits per heavy atom. The van der Waals surface area contributed by atoms with Crippen LogP contribution < -0.4 is 5.32 Å². The van der Waals surface area contributed by atoms with E-state index in [0.717, 1.165) is 19.5 Å². The highest BCUT2D eigenvalue weighted by atomic mass is 16.6. The first-order chi connectivity index (χ1) is 7.33. The lowest BCUT2D eigenvalue weighted by molar-refractivity contribution is -0.145. The van der Waals surface area contributed by atoms with Crippen molar-refractivity contribution in [3.63, 3.8) is 0 Å². The van der Waals surface area contributed by atoms with Crippen LogP contribution in [0.15, 0.2) is 0 Å². The van der Waals surface area contributed by atoms with Crippen LogP contribution in [0.5, 0.6) is 0 Å². The first-order valence-electron chi connectivity index (χ1n) is 5.77. The summed E-state index contributed by atoms with van der Waals surface area (Å²) in [5, 5.41) is 3.28. The van der Waals surface area contributed by atoms with Crippen molar-refractivity contribution in [1.82, 2.24) is 5.32 Å². The molecule has 1 N–H and O–H groups in total. The molecule has 4 nitrogen and oxygen atoms in total. The van der Waals surface area contributed by atoms with Gasteiger partial charge in [-0.25, -0.2) is 0 Å². The Labute approximate surface area is 91.3 Å². The van der Waals surface area contributed by atoms with Gasteiger partial charge >= 0.3 is 5.97 Å². The zero-order valence-electron chi connectivity index (χ0n) is 9.46. The molecule has 1 atom stereocenters. The van der Waals surface area contributed by atoms with Crippen LogP contribution in [0.3, 0.4) is 0 Å². The van der Waals surface area contributed by atoms with E-state index in [-0.39, 0.29) is 5.97 Å². The van der Waals surface area contributed by atoms with Crippen LogP contribution in [0.1, 0.15) is 26.2 Å². The fraction of sp³-hybridized carbons (Fsp3) is 0.909. The van der Waals surface area contributed by atoms with Gasteiger partial charge in [-0.15, -0.1) is 0 Å². The number of rotatable bonds is 7. The van der Waals surface area contributed by atoms with Gasteiger partial charge in [0, 0.05) is 13.0 Å². The van der Waals surface area contributed by atoms with Crippen LogP contribution in [-0.2, 0) is 14.3 Å². The highest BCUT2D eigenvalue weighted by molar-refractivity contribution is 5.69. The van der Waals surface area contributed by atoms with Crippen LogP contribution in [0, 0.1) is 5.92 Å². The molecule has 1 rings (SSSR count). The summed E-state index contributed by atoms with van der Waals surface area (Å²) >= 11 is 0. The first-order valence-corrected chi connectivity index (χ1v) is 5.77. The van der Waals surface area contributed by atoms with Crippen molar-refractivity contribution < 1.29 is 14.3 Å². The topological polar surface area (TPSA) is 47.6 Å². The molecule has 0 radical (unpaired) electrons. The van der Waals surface area contributed by atoms with E-state index in [1.165, 1.54) is 6.42 Å². The highest BCUT2D eigenvalue weighted by Crippen LogP contribution is 2.14. The van der Waals surface area contributed by atoms with E-state index in [0.29, 0.717) is 32.2 Å². The van der Waals surface area contributed by atoms with Gasteiger partial charge in [-0.1, -0.05) is 0 Å². The Hall–Kier alpha value is -0.610. The maximum absolute atomic E-state index is 11.3. The van der Waals surface area contributed by atoms with E-state index < -0.39 is 0 Å². The van der Waals surface area contributed by atoms with Crippen molar-refractivity contribution in [2.75, 3.05) is 32.9 Å². The molecule has 1 aliphatic rings. The second kappa shape index (κ2) is 7.65. The minimum Gasteiger partial charge on any atom is -0.463 e. The van der Waals surface area contributed by atoms with Crippen LogP contribution in [0.4, 0.5) is 0 Å². The Morgan fingerprint density at radius 3 is 3.00 bits per heavy atom. The summed E-state index contributed by atoms with van der Waals surface area (Å²) in [6.07, 6.45) is 2.67. The molecular weight excluding hydrogens is 194 g/mol. The third kappa shape index (κ3) is 5.74. The smallest absolute Gasteiger partial charge is 0.305 e. The number of carbonyl (C=O) groups excluding carboxylic acids is 1. The summed E-state index contributed by atoms with van der Waals surface area (Å²) in [5.74, 6) is 0.561. The van der Waals surface area contributed by atoms with Gasteiger partial charge in [0.15, 0.2) is 0 Å². The number of nitrogens with one attached hydrogen (secondary N) is 1. The highest BCUT2D eigenvalue weighted by Gasteiger charge is 2.15. The molecule has 4 heteroatoms. The van der Waals surface area contributed by atoms with E-state index >= 15 is 0 Å². The van der Waals surface area contributed by atoms with E-state index in [1.54, 1.807) is 0 Å². The summed E-state index contributed by atoms with van der Waals surface area (Å²) in [7, 11) is 0. The minimum absolute atomic E-state index is 0.0957. The molecule has 0 aromatic rings. The number of ether oxygens (including phenoxy) is 2. The Kier molecular flexibility index (Phi) is 6.36. The van der Waals surface area contributed by atoms with Crippen LogP contribution in [0.2, 0.25) is 0 Å². The molecule has 0 saturated carbocycles. The van der Waals surface area contributed by atoms with Gasteiger partial charge in [-0.05, 0) is 38.8 Å². The Balaban J connectivity index is 1.93. The predicted octanol–water partition coefficient (Wildman–Crippen LogP) is 0.956. The average Bonchev–Trinajstić information content (AvgIpc) is 2.74. The van der Waals surface area contributed by atoms with Crippen LogP contribution in [-0.4, -0.2) is 38.9 Å². The van der Waals surface area contributed by atoms with Gasteiger partial charge in [-0.2, -0.15) is 0 Å². The fourth-order valence-corrected chi connectivity index (χ4v) is 1.71. The van der Waals surface area contributed by atoms with Crippen molar-refractivity contribution in [2.45, 2.75) is 26.2 Å². The standard InChI is InChI=1S/C11H21NO3/c1-2-14-7-8-15-11(13)4-3-10-5-6-12-9-10/h10,12H,2-9H2,1H3. The predicted molar refractivity (Wildman–Crippen MR) is 57.7 cm³/mol. The zero-order valence-corrected chi connectivity index (χ0v) is 9.46. The molecule has 0 bridgehead atoms. The molecule has 1 unspecified atom stereocenters. The van der Waals surface area contributed by atoms with Crippen LogP contribution in [0.25, 0.3) is 0 Å². The second-order valence-electron chi connectivity index (χ2n) is 3.81. The minimum atomic E-state index is -0.0957. The molecule has 0 aromatic carbocycles. The Bertz CT molecular complexity index is 179. The Morgan fingerprint density at radius 2 is 2.33 bits per heavy atom. The quantitative estimate of drug-likeness (QED) is 0.507. The van der Waals surface area contributed by atoms with Crippen molar-refractivity contribution in [1.29, 1.82) is 0 Å². The van der Waals surface area contributed by atoms with Gasteiger partial charge in [0.1, 0.15) is 6.61 Å². The van der Waals surface area contributed by atoms with Gasteiger partial charge in [0.2, 0.25) is 0 Å². The number of carbonyl (C=O) groups is 1. The van der Waals surface area contributed by atoms with Crippen molar-refractivity contribution in [2.24, 2.45) is 5.92 Å². The van der Waals surface area contributed by atoms with Crippen molar-refractivity contribution in [3.05, 3.63) is 0 Å². The zero-order chi connectivity index (χ0) is 10.9. The maximum atomic E-state index is 11.3. The van der Waals surface area contributed by atoms with Crippen molar-refractivity contribution >= 4 is 5.97 Å². The largest absolute Gasteiger partial charge is 0.463 e. The second-order valence-corrected chi connectivity index (χ2v) is 3.81. The molecule has 0 aliphatic carbocycles. The molecule has 88 valence electrons. The number of esters is 1. The third-order valence-corrected chi connectivity index (χ3v) is 2.61. The molecule has 1 heterocycles. The SMILES string of the molecule is CCOCCOC(=O)CCC1CCNC1. The lowest BCUT2D eigenvalue weighted by Gasteiger charge is -2.08. The fourth-order valence-electron chi connectivity index (χ4n) is 1.71. The van der Waals surface area contributed by atoms with Gasteiger partial charge < -0.3 is 14.8 Å². The normalized spacial score (nSPS) is 20.5. The summed E-state index contributed by atoms with van der Waals surface area (Å²) in [6.45, 7) is 5.62. The summed E-state index contributed by atoms with van der Waals surface area (Å²) in [6, 6.07) is 0. The van der Waals surface area contributed by atoms with E-state index in [4.69, 9.17) is 9.47 Å². The van der Waals surface area contributed by atoms with Gasteiger partial charge in [-0.3, -0.25) is 4.79 Å². The lowest BCUT2D eigenvalue weighted by atomic mass is 10.0. The first kappa shape index (κ1) is 12.5. The van der Waals surface area contributed by atoms with Crippen LogP contribution >= 0.6 is 0 Å². The molecule has 15 heavy (non-hydrogen) atoms. The summed E-state index contributed by atoms with van der Waals surface area (Å²) in [5.41, 5.74) is 0. The molecule has 0 amide bonds. The van der Waals surface area contributed by atoms with E-state index in [9.17, 15) is 4.79 Å². The molecule has 0 spiro atoms. The molecule has 0 aromatic heterocycles. The summed E-state index contributed by atoms with van der Waals surface area (Å²) < 4.78 is 10.1. The van der Waals surface area contributed by atoms with Crippen molar-refractivity contribution in [3.8, 4) is 0 Å². The number of hydrogen-bond donors (Lipinski definition) is 1. The molecule has 1 fully saturated rings.